The maximum Gasteiger partial charge on any atom is 0.508 e. The normalized spacial score (nSPS) is 14.5. The summed E-state index contributed by atoms with van der Waals surface area (Å²) in [5, 5.41) is 0. The van der Waals surface area contributed by atoms with Crippen molar-refractivity contribution in [2.45, 2.75) is 39.9 Å². The molecule has 5 nitrogen and oxygen atoms in total. The van der Waals surface area contributed by atoms with Crippen LogP contribution in [0.4, 0.5) is 4.79 Å². The predicted molar refractivity (Wildman–Crippen MR) is 64.0 cm³/mol. The molecule has 2 unspecified atom stereocenters. The minimum absolute atomic E-state index is 0.0160. The zero-order chi connectivity index (χ0) is 13.3. The van der Waals surface area contributed by atoms with Gasteiger partial charge in [0.05, 0.1) is 25.9 Å². The van der Waals surface area contributed by atoms with Crippen LogP contribution < -0.4 is 0 Å². The van der Waals surface area contributed by atoms with E-state index in [1.54, 1.807) is 14.0 Å². The number of rotatable bonds is 8. The second kappa shape index (κ2) is 9.24. The summed E-state index contributed by atoms with van der Waals surface area (Å²) < 4.78 is 20.2. The molecule has 0 aliphatic carbocycles. The van der Waals surface area contributed by atoms with Crippen molar-refractivity contribution in [3.8, 4) is 0 Å². The zero-order valence-corrected chi connectivity index (χ0v) is 11.4. The number of ether oxygens (including phenoxy) is 4. The molecule has 0 aliphatic heterocycles. The fraction of sp³-hybridized carbons (Fsp3) is 0.917. The van der Waals surface area contributed by atoms with Crippen LogP contribution in [0.15, 0.2) is 0 Å². The molecule has 0 aromatic carbocycles. The van der Waals surface area contributed by atoms with Crippen LogP contribution in [-0.4, -0.2) is 45.3 Å². The van der Waals surface area contributed by atoms with Gasteiger partial charge in [-0.1, -0.05) is 13.8 Å². The Labute approximate surface area is 103 Å². The van der Waals surface area contributed by atoms with Crippen molar-refractivity contribution < 1.29 is 23.7 Å². The van der Waals surface area contributed by atoms with Crippen molar-refractivity contribution in [1.82, 2.24) is 0 Å². The average Bonchev–Trinajstić information content (AvgIpc) is 2.24. The van der Waals surface area contributed by atoms with Gasteiger partial charge < -0.3 is 18.9 Å². The lowest BCUT2D eigenvalue weighted by Crippen LogP contribution is -2.25. The molecule has 17 heavy (non-hydrogen) atoms. The number of carbonyl (C=O) groups excluding carboxylic acids is 1. The molecule has 0 saturated carbocycles. The predicted octanol–water partition coefficient (Wildman–Crippen LogP) is 2.24. The van der Waals surface area contributed by atoms with Crippen molar-refractivity contribution in [2.75, 3.05) is 26.9 Å². The third kappa shape index (κ3) is 10.1. The molecule has 0 bridgehead atoms. The average molecular weight is 248 g/mol. The summed E-state index contributed by atoms with van der Waals surface area (Å²) in [6, 6.07) is 0. The van der Waals surface area contributed by atoms with Gasteiger partial charge in [0.2, 0.25) is 0 Å². The van der Waals surface area contributed by atoms with Gasteiger partial charge in [0, 0.05) is 7.11 Å². The summed E-state index contributed by atoms with van der Waals surface area (Å²) in [7, 11) is 1.61. The SMILES string of the molecule is COCC(C)OCC(C)OC(=O)OCC(C)C. The van der Waals surface area contributed by atoms with Gasteiger partial charge in [0.15, 0.2) is 0 Å². The third-order valence-corrected chi connectivity index (χ3v) is 1.85. The highest BCUT2D eigenvalue weighted by molar-refractivity contribution is 5.60. The van der Waals surface area contributed by atoms with Crippen LogP contribution in [0.1, 0.15) is 27.7 Å². The summed E-state index contributed by atoms with van der Waals surface area (Å²) in [6.07, 6.45) is -0.985. The molecule has 0 aliphatic rings. The van der Waals surface area contributed by atoms with E-state index >= 15 is 0 Å². The molecule has 0 saturated heterocycles. The Morgan fingerprint density at radius 1 is 1.00 bits per heavy atom. The first kappa shape index (κ1) is 16.2. The van der Waals surface area contributed by atoms with Gasteiger partial charge in [-0.05, 0) is 19.8 Å². The molecule has 0 spiro atoms. The highest BCUT2D eigenvalue weighted by Crippen LogP contribution is 2.01. The molecule has 0 fully saturated rings. The van der Waals surface area contributed by atoms with Crippen LogP contribution in [0.3, 0.4) is 0 Å². The molecular weight excluding hydrogens is 224 g/mol. The lowest BCUT2D eigenvalue weighted by Gasteiger charge is -2.17. The van der Waals surface area contributed by atoms with E-state index in [9.17, 15) is 4.79 Å². The van der Waals surface area contributed by atoms with E-state index in [4.69, 9.17) is 18.9 Å². The summed E-state index contributed by atoms with van der Waals surface area (Å²) in [4.78, 5) is 11.2. The quantitative estimate of drug-likeness (QED) is 0.616. The Kier molecular flexibility index (Phi) is 8.80. The first-order chi connectivity index (χ1) is 7.95. The largest absolute Gasteiger partial charge is 0.508 e. The van der Waals surface area contributed by atoms with E-state index in [1.807, 2.05) is 20.8 Å². The summed E-state index contributed by atoms with van der Waals surface area (Å²) in [5.74, 6) is 0.302. The molecule has 102 valence electrons. The molecule has 0 aromatic heterocycles. The Balaban J connectivity index is 3.63. The van der Waals surface area contributed by atoms with Crippen LogP contribution >= 0.6 is 0 Å². The Morgan fingerprint density at radius 3 is 2.18 bits per heavy atom. The second-order valence-electron chi connectivity index (χ2n) is 4.48. The maximum atomic E-state index is 11.2. The topological polar surface area (TPSA) is 54.0 Å². The van der Waals surface area contributed by atoms with Gasteiger partial charge >= 0.3 is 6.16 Å². The lowest BCUT2D eigenvalue weighted by atomic mass is 10.2. The number of methoxy groups -OCH3 is 1. The first-order valence-corrected chi connectivity index (χ1v) is 5.89. The molecule has 0 N–H and O–H groups in total. The minimum atomic E-state index is -0.644. The van der Waals surface area contributed by atoms with E-state index in [1.165, 1.54) is 0 Å². The van der Waals surface area contributed by atoms with E-state index in [0.29, 0.717) is 25.7 Å². The Hall–Kier alpha value is -0.810. The Morgan fingerprint density at radius 2 is 1.65 bits per heavy atom. The van der Waals surface area contributed by atoms with Gasteiger partial charge in [-0.25, -0.2) is 4.79 Å². The summed E-state index contributed by atoms with van der Waals surface area (Å²) in [6.45, 7) is 8.81. The highest BCUT2D eigenvalue weighted by atomic mass is 16.7. The van der Waals surface area contributed by atoms with Gasteiger partial charge in [0.1, 0.15) is 6.10 Å². The molecular formula is C12H24O5. The van der Waals surface area contributed by atoms with E-state index in [0.717, 1.165) is 0 Å². The van der Waals surface area contributed by atoms with Crippen molar-refractivity contribution in [2.24, 2.45) is 5.92 Å². The summed E-state index contributed by atoms with van der Waals surface area (Å²) >= 11 is 0. The van der Waals surface area contributed by atoms with Crippen molar-refractivity contribution in [1.29, 1.82) is 0 Å². The maximum absolute atomic E-state index is 11.2. The standard InChI is InChI=1S/C12H24O5/c1-9(2)6-16-12(13)17-11(4)8-15-10(3)7-14-5/h9-11H,6-8H2,1-5H3. The van der Waals surface area contributed by atoms with E-state index in [-0.39, 0.29) is 12.2 Å². The first-order valence-electron chi connectivity index (χ1n) is 5.89. The number of hydrogen-bond acceptors (Lipinski definition) is 5. The van der Waals surface area contributed by atoms with Crippen LogP contribution in [0.5, 0.6) is 0 Å². The zero-order valence-electron chi connectivity index (χ0n) is 11.4. The lowest BCUT2D eigenvalue weighted by molar-refractivity contribution is -0.0471. The van der Waals surface area contributed by atoms with Gasteiger partial charge in [-0.2, -0.15) is 0 Å². The van der Waals surface area contributed by atoms with E-state index in [2.05, 4.69) is 0 Å². The minimum Gasteiger partial charge on any atom is -0.434 e. The molecule has 2 atom stereocenters. The smallest absolute Gasteiger partial charge is 0.434 e. The van der Waals surface area contributed by atoms with E-state index < -0.39 is 6.16 Å². The van der Waals surface area contributed by atoms with Crippen LogP contribution in [0.2, 0.25) is 0 Å². The molecule has 0 rings (SSSR count). The molecule has 0 heterocycles. The third-order valence-electron chi connectivity index (χ3n) is 1.85. The van der Waals surface area contributed by atoms with Crippen LogP contribution in [0.25, 0.3) is 0 Å². The molecule has 5 heteroatoms. The highest BCUT2D eigenvalue weighted by Gasteiger charge is 2.13. The monoisotopic (exact) mass is 248 g/mol. The van der Waals surface area contributed by atoms with Crippen LogP contribution in [-0.2, 0) is 18.9 Å². The van der Waals surface area contributed by atoms with Crippen molar-refractivity contribution in [3.05, 3.63) is 0 Å². The van der Waals surface area contributed by atoms with Gasteiger partial charge in [-0.3, -0.25) is 0 Å². The fourth-order valence-electron chi connectivity index (χ4n) is 1.05. The molecule has 0 radical (unpaired) electrons. The number of hydrogen-bond donors (Lipinski definition) is 0. The van der Waals surface area contributed by atoms with Crippen LogP contribution in [0, 0.1) is 5.92 Å². The summed E-state index contributed by atoms with van der Waals surface area (Å²) in [5.41, 5.74) is 0. The molecule has 0 amide bonds. The van der Waals surface area contributed by atoms with Crippen molar-refractivity contribution >= 4 is 6.16 Å². The Bertz CT molecular complexity index is 205. The van der Waals surface area contributed by atoms with Crippen molar-refractivity contribution in [3.63, 3.8) is 0 Å². The second-order valence-corrected chi connectivity index (χ2v) is 4.48. The van der Waals surface area contributed by atoms with Gasteiger partial charge in [0.25, 0.3) is 0 Å². The number of carbonyl (C=O) groups is 1. The molecule has 0 aromatic rings. The fourth-order valence-corrected chi connectivity index (χ4v) is 1.05. The van der Waals surface area contributed by atoms with Gasteiger partial charge in [-0.15, -0.1) is 0 Å².